The normalized spacial score (nSPS) is 12.7. The molecule has 0 aromatic heterocycles. The summed E-state index contributed by atoms with van der Waals surface area (Å²) in [6.07, 6.45) is 0. The first-order valence-corrected chi connectivity index (χ1v) is 7.03. The van der Waals surface area contributed by atoms with Gasteiger partial charge in [-0.1, -0.05) is 52.8 Å². The van der Waals surface area contributed by atoms with E-state index in [1.54, 1.807) is 0 Å². The molecule has 1 nitrogen and oxygen atoms in total. The Balaban J connectivity index is 3.73. The quantitative estimate of drug-likeness (QED) is 0.701. The van der Waals surface area contributed by atoms with Crippen molar-refractivity contribution in [2.45, 2.75) is 52.4 Å². The van der Waals surface area contributed by atoms with Crippen LogP contribution in [0.3, 0.4) is 0 Å². The number of hydrogen-bond acceptors (Lipinski definition) is 1. The molecule has 1 aromatic rings. The second-order valence-corrected chi connectivity index (χ2v) is 7.82. The van der Waals surface area contributed by atoms with E-state index in [-0.39, 0.29) is 10.8 Å². The summed E-state index contributed by atoms with van der Waals surface area (Å²) in [5, 5.41) is 1.21. The molecule has 0 aliphatic rings. The molecule has 1 aromatic carbocycles. The molecule has 0 bridgehead atoms. The van der Waals surface area contributed by atoms with Crippen LogP contribution in [0.25, 0.3) is 0 Å². The van der Waals surface area contributed by atoms with Crippen LogP contribution in [0.15, 0.2) is 12.1 Å². The number of anilines is 1. The van der Waals surface area contributed by atoms with Gasteiger partial charge in [-0.3, -0.25) is 0 Å². The molecule has 0 fully saturated rings. The van der Waals surface area contributed by atoms with Gasteiger partial charge in [-0.15, -0.1) is 0 Å². The van der Waals surface area contributed by atoms with Crippen LogP contribution in [0.1, 0.15) is 52.7 Å². The highest BCUT2D eigenvalue weighted by atomic mass is 28.1. The van der Waals surface area contributed by atoms with Gasteiger partial charge in [0.05, 0.1) is 10.2 Å². The Hall–Kier alpha value is -0.763. The molecule has 3 radical (unpaired) electrons. The molecule has 18 heavy (non-hydrogen) atoms. The van der Waals surface area contributed by atoms with Crippen molar-refractivity contribution in [3.8, 4) is 0 Å². The van der Waals surface area contributed by atoms with Gasteiger partial charge in [-0.2, -0.15) is 0 Å². The molecule has 0 atom stereocenters. The first kappa shape index (κ1) is 15.3. The highest BCUT2D eigenvalue weighted by Crippen LogP contribution is 2.38. The zero-order chi connectivity index (χ0) is 14.3. The van der Waals surface area contributed by atoms with E-state index in [1.165, 1.54) is 22.0 Å². The Morgan fingerprint density at radius 1 is 0.833 bits per heavy atom. The van der Waals surface area contributed by atoms with E-state index in [9.17, 15) is 0 Å². The summed E-state index contributed by atoms with van der Waals surface area (Å²) < 4.78 is 0. The van der Waals surface area contributed by atoms with Crippen molar-refractivity contribution in [2.75, 3.05) is 19.0 Å². The maximum atomic E-state index is 3.80. The van der Waals surface area contributed by atoms with Gasteiger partial charge in [0.15, 0.2) is 0 Å². The Kier molecular flexibility index (Phi) is 4.02. The molecule has 0 aliphatic heterocycles. The van der Waals surface area contributed by atoms with E-state index in [0.717, 1.165) is 0 Å². The minimum Gasteiger partial charge on any atom is -0.377 e. The van der Waals surface area contributed by atoms with Crippen molar-refractivity contribution in [3.63, 3.8) is 0 Å². The van der Waals surface area contributed by atoms with Crippen LogP contribution < -0.4 is 10.1 Å². The number of rotatable bonds is 1. The van der Waals surface area contributed by atoms with E-state index in [4.69, 9.17) is 0 Å². The zero-order valence-corrected chi connectivity index (χ0v) is 14.1. The van der Waals surface area contributed by atoms with Gasteiger partial charge < -0.3 is 4.90 Å². The first-order valence-electron chi connectivity index (χ1n) is 6.53. The molecule has 2 heteroatoms. The first-order chi connectivity index (χ1) is 7.96. The lowest BCUT2D eigenvalue weighted by Gasteiger charge is -2.35. The maximum absolute atomic E-state index is 3.80. The molecule has 0 saturated heterocycles. The van der Waals surface area contributed by atoms with Crippen molar-refractivity contribution in [3.05, 3.63) is 23.3 Å². The Morgan fingerprint density at radius 2 is 1.28 bits per heavy atom. The second kappa shape index (κ2) is 4.73. The Morgan fingerprint density at radius 3 is 1.61 bits per heavy atom. The predicted molar refractivity (Wildman–Crippen MR) is 83.6 cm³/mol. The van der Waals surface area contributed by atoms with E-state index in [1.807, 2.05) is 0 Å². The van der Waals surface area contributed by atoms with Gasteiger partial charge in [-0.05, 0) is 28.0 Å². The van der Waals surface area contributed by atoms with Gasteiger partial charge in [0, 0.05) is 19.8 Å². The lowest BCUT2D eigenvalue weighted by molar-refractivity contribution is 0.533. The number of benzene rings is 1. The van der Waals surface area contributed by atoms with Crippen LogP contribution in [0.5, 0.6) is 0 Å². The average Bonchev–Trinajstić information content (AvgIpc) is 2.13. The minimum atomic E-state index is 0.130. The Bertz CT molecular complexity index is 434. The van der Waals surface area contributed by atoms with Crippen molar-refractivity contribution in [1.29, 1.82) is 0 Å². The van der Waals surface area contributed by atoms with E-state index >= 15 is 0 Å². The summed E-state index contributed by atoms with van der Waals surface area (Å²) in [4.78, 5) is 2.21. The molecular weight excluding hydrogens is 234 g/mol. The predicted octanol–water partition coefficient (Wildman–Crippen LogP) is 3.14. The summed E-state index contributed by atoms with van der Waals surface area (Å²) in [5.41, 5.74) is 4.43. The van der Waals surface area contributed by atoms with Crippen LogP contribution >= 0.6 is 0 Å². The van der Waals surface area contributed by atoms with Crippen molar-refractivity contribution >= 4 is 21.1 Å². The molecule has 0 spiro atoms. The highest BCUT2D eigenvalue weighted by Gasteiger charge is 2.29. The standard InChI is InChI=1S/C16H26NSi/c1-15(2,3)13-11(17(7)8)9-10-12(18)14(13)16(4,5)6/h9-10H,1-8H3. The summed E-state index contributed by atoms with van der Waals surface area (Å²) in [6.45, 7) is 13.7. The van der Waals surface area contributed by atoms with Crippen molar-refractivity contribution in [1.82, 2.24) is 0 Å². The molecule has 0 heterocycles. The largest absolute Gasteiger partial charge is 0.377 e. The van der Waals surface area contributed by atoms with Crippen LogP contribution in [-0.4, -0.2) is 24.3 Å². The lowest BCUT2D eigenvalue weighted by Crippen LogP contribution is -2.32. The SMILES string of the molecule is CN(C)c1ccc([Si])c(C(C)(C)C)c1C(C)(C)C. The average molecular weight is 260 g/mol. The van der Waals surface area contributed by atoms with Gasteiger partial charge in [0.2, 0.25) is 0 Å². The number of hydrogen-bond donors (Lipinski definition) is 0. The third-order valence-electron chi connectivity index (χ3n) is 3.17. The molecule has 1 rings (SSSR count). The highest BCUT2D eigenvalue weighted by molar-refractivity contribution is 6.33. The van der Waals surface area contributed by atoms with Gasteiger partial charge >= 0.3 is 0 Å². The summed E-state index contributed by atoms with van der Waals surface area (Å²) >= 11 is 0. The smallest absolute Gasteiger partial charge is 0.0716 e. The second-order valence-electron chi connectivity index (χ2n) is 7.28. The van der Waals surface area contributed by atoms with Crippen LogP contribution in [0.2, 0.25) is 0 Å². The molecular formula is C16H26NSi. The molecule has 0 aliphatic carbocycles. The van der Waals surface area contributed by atoms with E-state index in [2.05, 4.69) is 82.9 Å². The Labute approximate surface area is 116 Å². The molecule has 0 N–H and O–H groups in total. The summed E-state index contributed by atoms with van der Waals surface area (Å²) in [5.74, 6) is 0. The van der Waals surface area contributed by atoms with Crippen molar-refractivity contribution < 1.29 is 0 Å². The zero-order valence-electron chi connectivity index (χ0n) is 13.1. The van der Waals surface area contributed by atoms with Crippen LogP contribution in [0, 0.1) is 0 Å². The molecule has 99 valence electrons. The van der Waals surface area contributed by atoms with Gasteiger partial charge in [0.25, 0.3) is 0 Å². The molecule has 0 amide bonds. The van der Waals surface area contributed by atoms with E-state index < -0.39 is 0 Å². The molecule has 0 unspecified atom stereocenters. The monoisotopic (exact) mass is 260 g/mol. The topological polar surface area (TPSA) is 3.24 Å². The van der Waals surface area contributed by atoms with Crippen LogP contribution in [-0.2, 0) is 10.8 Å². The fraction of sp³-hybridized carbons (Fsp3) is 0.625. The number of nitrogens with zero attached hydrogens (tertiary/aromatic N) is 1. The fourth-order valence-electron chi connectivity index (χ4n) is 2.50. The summed E-state index contributed by atoms with van der Waals surface area (Å²) in [6, 6.07) is 4.38. The third-order valence-corrected chi connectivity index (χ3v) is 3.58. The van der Waals surface area contributed by atoms with Crippen molar-refractivity contribution in [2.24, 2.45) is 0 Å². The minimum absolute atomic E-state index is 0.130. The van der Waals surface area contributed by atoms with Gasteiger partial charge in [0.1, 0.15) is 0 Å². The summed E-state index contributed by atoms with van der Waals surface area (Å²) in [7, 11) is 8.03. The van der Waals surface area contributed by atoms with Crippen LogP contribution in [0.4, 0.5) is 5.69 Å². The molecule has 0 saturated carbocycles. The van der Waals surface area contributed by atoms with Gasteiger partial charge in [-0.25, -0.2) is 0 Å². The lowest BCUT2D eigenvalue weighted by atomic mass is 9.74. The third kappa shape index (κ3) is 2.97. The maximum Gasteiger partial charge on any atom is 0.0716 e. The fourth-order valence-corrected chi connectivity index (χ4v) is 3.09. The van der Waals surface area contributed by atoms with E-state index in [0.29, 0.717) is 0 Å².